The average Bonchev–Trinajstić information content (AvgIpc) is 3.06. The van der Waals surface area contributed by atoms with Crippen molar-refractivity contribution in [3.63, 3.8) is 0 Å². The van der Waals surface area contributed by atoms with E-state index in [4.69, 9.17) is 9.47 Å². The second kappa shape index (κ2) is 10.2. The fraction of sp³-hybridized carbons (Fsp3) is 0.368. The molecular formula is C19H25IN4O2. The van der Waals surface area contributed by atoms with Gasteiger partial charge in [0.1, 0.15) is 11.9 Å². The van der Waals surface area contributed by atoms with Crippen LogP contribution in [0.4, 0.5) is 0 Å². The molecule has 0 aliphatic carbocycles. The van der Waals surface area contributed by atoms with Crippen LogP contribution in [0.25, 0.3) is 0 Å². The quantitative estimate of drug-likeness (QED) is 0.388. The Balaban J connectivity index is 0.00000243. The van der Waals surface area contributed by atoms with E-state index in [0.717, 1.165) is 23.7 Å². The number of rotatable bonds is 6. The van der Waals surface area contributed by atoms with Gasteiger partial charge in [-0.1, -0.05) is 24.3 Å². The molecule has 140 valence electrons. The van der Waals surface area contributed by atoms with Crippen molar-refractivity contribution in [1.82, 2.24) is 15.6 Å². The van der Waals surface area contributed by atoms with Crippen LogP contribution in [0.1, 0.15) is 18.1 Å². The van der Waals surface area contributed by atoms with E-state index in [-0.39, 0.29) is 30.1 Å². The molecule has 26 heavy (non-hydrogen) atoms. The van der Waals surface area contributed by atoms with Gasteiger partial charge in [-0.15, -0.1) is 24.0 Å². The number of hydrogen-bond acceptors (Lipinski definition) is 4. The number of nitrogens with zero attached hydrogens (tertiary/aromatic N) is 2. The third-order valence-electron chi connectivity index (χ3n) is 4.01. The molecule has 3 rings (SSSR count). The van der Waals surface area contributed by atoms with Crippen LogP contribution in [0, 0.1) is 0 Å². The summed E-state index contributed by atoms with van der Waals surface area (Å²) in [5.41, 5.74) is 2.26. The van der Waals surface area contributed by atoms with Gasteiger partial charge in [0.05, 0.1) is 13.2 Å². The summed E-state index contributed by atoms with van der Waals surface area (Å²) in [7, 11) is 1.76. The van der Waals surface area contributed by atoms with E-state index in [2.05, 4.69) is 26.7 Å². The molecular weight excluding hydrogens is 443 g/mol. The van der Waals surface area contributed by atoms with Gasteiger partial charge in [-0.25, -0.2) is 4.98 Å². The first-order valence-electron chi connectivity index (χ1n) is 8.56. The van der Waals surface area contributed by atoms with Crippen molar-refractivity contribution in [2.45, 2.75) is 26.0 Å². The Morgan fingerprint density at radius 2 is 2.12 bits per heavy atom. The van der Waals surface area contributed by atoms with Gasteiger partial charge in [-0.3, -0.25) is 4.99 Å². The SMILES string of the molecule is CCOc1ncccc1CNC(=NC)NCC1Cc2ccccc2O1.I. The van der Waals surface area contributed by atoms with Gasteiger partial charge in [-0.2, -0.15) is 0 Å². The van der Waals surface area contributed by atoms with Crippen molar-refractivity contribution in [3.05, 3.63) is 53.7 Å². The summed E-state index contributed by atoms with van der Waals surface area (Å²) in [6, 6.07) is 12.1. The van der Waals surface area contributed by atoms with Gasteiger partial charge in [-0.05, 0) is 24.6 Å². The third kappa shape index (κ3) is 5.23. The molecule has 0 bridgehead atoms. The number of benzene rings is 1. The molecule has 0 saturated heterocycles. The number of para-hydroxylation sites is 1. The zero-order chi connectivity index (χ0) is 17.5. The molecule has 1 aromatic heterocycles. The number of halogens is 1. The highest BCUT2D eigenvalue weighted by Crippen LogP contribution is 2.27. The van der Waals surface area contributed by atoms with Crippen molar-refractivity contribution in [2.24, 2.45) is 4.99 Å². The number of fused-ring (bicyclic) bond motifs is 1. The zero-order valence-corrected chi connectivity index (χ0v) is 17.4. The predicted molar refractivity (Wildman–Crippen MR) is 114 cm³/mol. The Labute approximate surface area is 171 Å². The molecule has 0 radical (unpaired) electrons. The van der Waals surface area contributed by atoms with Gasteiger partial charge in [0.2, 0.25) is 5.88 Å². The number of ether oxygens (including phenoxy) is 2. The minimum absolute atomic E-state index is 0. The standard InChI is InChI=1S/C19H24N4O2.HI/c1-3-24-18-15(8-6-10-21-18)12-22-19(20-2)23-13-16-11-14-7-4-5-9-17(14)25-16;/h4-10,16H,3,11-13H2,1-2H3,(H2,20,22,23);1H. The summed E-state index contributed by atoms with van der Waals surface area (Å²) in [5.74, 6) is 2.36. The summed E-state index contributed by atoms with van der Waals surface area (Å²) in [4.78, 5) is 8.53. The van der Waals surface area contributed by atoms with E-state index in [1.165, 1.54) is 5.56 Å². The minimum Gasteiger partial charge on any atom is -0.488 e. The zero-order valence-electron chi connectivity index (χ0n) is 15.1. The van der Waals surface area contributed by atoms with Crippen molar-refractivity contribution < 1.29 is 9.47 Å². The molecule has 0 saturated carbocycles. The normalized spacial score (nSPS) is 15.5. The van der Waals surface area contributed by atoms with Crippen LogP contribution in [0.2, 0.25) is 0 Å². The largest absolute Gasteiger partial charge is 0.488 e. The third-order valence-corrected chi connectivity index (χ3v) is 4.01. The Hall–Kier alpha value is -2.03. The van der Waals surface area contributed by atoms with E-state index in [9.17, 15) is 0 Å². The van der Waals surface area contributed by atoms with Crippen LogP contribution in [-0.2, 0) is 13.0 Å². The van der Waals surface area contributed by atoms with Crippen LogP contribution in [0.3, 0.4) is 0 Å². The maximum atomic E-state index is 5.94. The fourth-order valence-corrected chi connectivity index (χ4v) is 2.80. The summed E-state index contributed by atoms with van der Waals surface area (Å²) in [5, 5.41) is 6.61. The Kier molecular flexibility index (Phi) is 7.96. The van der Waals surface area contributed by atoms with Crippen LogP contribution < -0.4 is 20.1 Å². The maximum Gasteiger partial charge on any atom is 0.218 e. The molecule has 0 amide bonds. The smallest absolute Gasteiger partial charge is 0.218 e. The Morgan fingerprint density at radius 1 is 1.27 bits per heavy atom. The van der Waals surface area contributed by atoms with Crippen molar-refractivity contribution >= 4 is 29.9 Å². The maximum absolute atomic E-state index is 5.94. The summed E-state index contributed by atoms with van der Waals surface area (Å²) in [6.07, 6.45) is 2.77. The van der Waals surface area contributed by atoms with E-state index < -0.39 is 0 Å². The second-order valence-corrected chi connectivity index (χ2v) is 5.76. The Bertz CT molecular complexity index is 714. The monoisotopic (exact) mass is 468 g/mol. The number of nitrogens with one attached hydrogen (secondary N) is 2. The molecule has 0 spiro atoms. The fourth-order valence-electron chi connectivity index (χ4n) is 2.80. The van der Waals surface area contributed by atoms with Gasteiger partial charge in [0.25, 0.3) is 0 Å². The lowest BCUT2D eigenvalue weighted by Gasteiger charge is -2.16. The Morgan fingerprint density at radius 3 is 2.88 bits per heavy atom. The van der Waals surface area contributed by atoms with Crippen LogP contribution in [-0.4, -0.2) is 37.2 Å². The van der Waals surface area contributed by atoms with E-state index >= 15 is 0 Å². The van der Waals surface area contributed by atoms with Crippen LogP contribution >= 0.6 is 24.0 Å². The van der Waals surface area contributed by atoms with Gasteiger partial charge in [0, 0.05) is 31.8 Å². The molecule has 1 aromatic carbocycles. The lowest BCUT2D eigenvalue weighted by atomic mass is 10.1. The molecule has 6 nitrogen and oxygen atoms in total. The number of pyridine rings is 1. The lowest BCUT2D eigenvalue weighted by Crippen LogP contribution is -2.42. The number of aliphatic imine (C=N–C) groups is 1. The summed E-state index contributed by atoms with van der Waals surface area (Å²) in [6.45, 7) is 3.83. The van der Waals surface area contributed by atoms with Crippen molar-refractivity contribution in [1.29, 1.82) is 0 Å². The molecule has 2 heterocycles. The van der Waals surface area contributed by atoms with Gasteiger partial charge in [0.15, 0.2) is 5.96 Å². The molecule has 2 N–H and O–H groups in total. The molecule has 7 heteroatoms. The van der Waals surface area contributed by atoms with Crippen molar-refractivity contribution in [2.75, 3.05) is 20.2 Å². The summed E-state index contributed by atoms with van der Waals surface area (Å²) >= 11 is 0. The highest BCUT2D eigenvalue weighted by Gasteiger charge is 2.22. The number of guanidine groups is 1. The van der Waals surface area contributed by atoms with E-state index in [1.54, 1.807) is 13.2 Å². The van der Waals surface area contributed by atoms with Crippen LogP contribution in [0.5, 0.6) is 11.6 Å². The average molecular weight is 468 g/mol. The first-order valence-corrected chi connectivity index (χ1v) is 8.56. The van der Waals surface area contributed by atoms with Gasteiger partial charge >= 0.3 is 0 Å². The number of hydrogen-bond donors (Lipinski definition) is 2. The first-order chi connectivity index (χ1) is 12.3. The number of aromatic nitrogens is 1. The van der Waals surface area contributed by atoms with E-state index in [0.29, 0.717) is 25.6 Å². The first kappa shape index (κ1) is 20.3. The molecule has 1 unspecified atom stereocenters. The van der Waals surface area contributed by atoms with Crippen molar-refractivity contribution in [3.8, 4) is 11.6 Å². The molecule has 1 aliphatic rings. The summed E-state index contributed by atoms with van der Waals surface area (Å²) < 4.78 is 11.5. The molecule has 2 aromatic rings. The van der Waals surface area contributed by atoms with Crippen LogP contribution in [0.15, 0.2) is 47.6 Å². The highest BCUT2D eigenvalue weighted by molar-refractivity contribution is 14.0. The predicted octanol–water partition coefficient (Wildman–Crippen LogP) is 2.77. The molecule has 1 aliphatic heterocycles. The highest BCUT2D eigenvalue weighted by atomic mass is 127. The molecule has 0 fully saturated rings. The second-order valence-electron chi connectivity index (χ2n) is 5.76. The van der Waals surface area contributed by atoms with Gasteiger partial charge < -0.3 is 20.1 Å². The topological polar surface area (TPSA) is 67.8 Å². The minimum atomic E-state index is 0. The molecule has 1 atom stereocenters. The lowest BCUT2D eigenvalue weighted by molar-refractivity contribution is 0.235. The van der Waals surface area contributed by atoms with E-state index in [1.807, 2.05) is 37.3 Å².